The first-order chi connectivity index (χ1) is 17.1. The van der Waals surface area contributed by atoms with E-state index in [1.165, 1.54) is 0 Å². The number of β-lactam (4-membered cyclic amide) rings is 1. The van der Waals surface area contributed by atoms with Crippen LogP contribution in [0.4, 0.5) is 5.69 Å². The van der Waals surface area contributed by atoms with Gasteiger partial charge >= 0.3 is 0 Å². The number of nitriles is 1. The van der Waals surface area contributed by atoms with Gasteiger partial charge in [0.2, 0.25) is 12.0 Å². The van der Waals surface area contributed by atoms with Crippen molar-refractivity contribution in [3.8, 4) is 17.6 Å². The van der Waals surface area contributed by atoms with Crippen LogP contribution < -0.4 is 14.8 Å². The minimum atomic E-state index is -0.728. The van der Waals surface area contributed by atoms with Crippen molar-refractivity contribution < 1.29 is 19.1 Å². The average molecular weight is 468 g/mol. The summed E-state index contributed by atoms with van der Waals surface area (Å²) in [5.74, 6) is 1.18. The standard InChI is InChI=1S/C28H25N3O4/c1-34-23-9-4-7-21(15-23)25-26(35-24-10-3-5-18(14-24)16-29)28(33)31(25)17-19-6-2-8-22(13-19)30-27(32)20-11-12-20/h2-10,13-15,20,25-26H,11-12,17H2,1H3,(H,30,32)/t25-,26-/m0/s1. The number of carbonyl (C=O) groups is 2. The molecule has 1 heterocycles. The molecule has 0 spiro atoms. The zero-order valence-electron chi connectivity index (χ0n) is 19.3. The van der Waals surface area contributed by atoms with E-state index >= 15 is 0 Å². The molecule has 2 fully saturated rings. The van der Waals surface area contributed by atoms with Gasteiger partial charge < -0.3 is 19.7 Å². The Morgan fingerprint density at radius 3 is 2.60 bits per heavy atom. The Bertz CT molecular complexity index is 1310. The number of likely N-dealkylation sites (tertiary alicyclic amines) is 1. The van der Waals surface area contributed by atoms with Crippen LogP contribution in [0.2, 0.25) is 0 Å². The minimum Gasteiger partial charge on any atom is -0.497 e. The largest absolute Gasteiger partial charge is 0.497 e. The molecule has 7 nitrogen and oxygen atoms in total. The van der Waals surface area contributed by atoms with Crippen molar-refractivity contribution in [1.29, 1.82) is 5.26 Å². The molecule has 0 aromatic heterocycles. The maximum absolute atomic E-state index is 13.3. The Morgan fingerprint density at radius 2 is 1.83 bits per heavy atom. The SMILES string of the molecule is COc1cccc([C@H]2[C@H](Oc3cccc(C#N)c3)C(=O)N2Cc2cccc(NC(=O)C3CC3)c2)c1. The Morgan fingerprint density at radius 1 is 1.06 bits per heavy atom. The van der Waals surface area contributed by atoms with Gasteiger partial charge in [-0.1, -0.05) is 30.3 Å². The fourth-order valence-corrected chi connectivity index (χ4v) is 4.31. The van der Waals surface area contributed by atoms with Crippen LogP contribution in [0.1, 0.15) is 35.6 Å². The Hall–Kier alpha value is -4.31. The number of methoxy groups -OCH3 is 1. The molecular formula is C28H25N3O4. The van der Waals surface area contributed by atoms with Crippen molar-refractivity contribution in [3.05, 3.63) is 89.5 Å². The van der Waals surface area contributed by atoms with Crippen LogP contribution in [0, 0.1) is 17.2 Å². The second kappa shape index (κ2) is 9.51. The van der Waals surface area contributed by atoms with Gasteiger partial charge in [0.15, 0.2) is 0 Å². The molecule has 0 bridgehead atoms. The quantitative estimate of drug-likeness (QED) is 0.495. The first kappa shape index (κ1) is 22.5. The minimum absolute atomic E-state index is 0.0458. The number of anilines is 1. The van der Waals surface area contributed by atoms with Gasteiger partial charge in [0.1, 0.15) is 17.5 Å². The molecule has 35 heavy (non-hydrogen) atoms. The molecule has 0 radical (unpaired) electrons. The lowest BCUT2D eigenvalue weighted by atomic mass is 9.89. The highest BCUT2D eigenvalue weighted by Gasteiger charge is 2.50. The van der Waals surface area contributed by atoms with Gasteiger partial charge in [-0.15, -0.1) is 0 Å². The van der Waals surface area contributed by atoms with Crippen LogP contribution in [0.25, 0.3) is 0 Å². The highest BCUT2D eigenvalue weighted by molar-refractivity contribution is 5.94. The summed E-state index contributed by atoms with van der Waals surface area (Å²) in [7, 11) is 1.60. The monoisotopic (exact) mass is 467 g/mol. The van der Waals surface area contributed by atoms with E-state index in [-0.39, 0.29) is 23.8 Å². The Labute approximate surface area is 203 Å². The van der Waals surface area contributed by atoms with E-state index < -0.39 is 6.10 Å². The summed E-state index contributed by atoms with van der Waals surface area (Å²) < 4.78 is 11.5. The average Bonchev–Trinajstić information content (AvgIpc) is 3.74. The van der Waals surface area contributed by atoms with Crippen LogP contribution in [-0.2, 0) is 16.1 Å². The van der Waals surface area contributed by atoms with E-state index in [1.807, 2.05) is 48.5 Å². The van der Waals surface area contributed by atoms with Crippen LogP contribution in [0.5, 0.6) is 11.5 Å². The summed E-state index contributed by atoms with van der Waals surface area (Å²) in [6, 6.07) is 23.7. The van der Waals surface area contributed by atoms with E-state index in [9.17, 15) is 14.9 Å². The molecule has 2 aliphatic rings. The molecule has 0 unspecified atom stereocenters. The van der Waals surface area contributed by atoms with E-state index in [4.69, 9.17) is 9.47 Å². The van der Waals surface area contributed by atoms with Crippen molar-refractivity contribution in [1.82, 2.24) is 4.90 Å². The van der Waals surface area contributed by atoms with Gasteiger partial charge in [0.25, 0.3) is 5.91 Å². The molecule has 5 rings (SSSR count). The lowest BCUT2D eigenvalue weighted by Crippen LogP contribution is -2.60. The van der Waals surface area contributed by atoms with Crippen LogP contribution in [0.3, 0.4) is 0 Å². The molecule has 2 atom stereocenters. The van der Waals surface area contributed by atoms with E-state index in [0.717, 1.165) is 29.7 Å². The van der Waals surface area contributed by atoms with Crippen molar-refractivity contribution in [2.75, 3.05) is 12.4 Å². The summed E-state index contributed by atoms with van der Waals surface area (Å²) >= 11 is 0. The van der Waals surface area contributed by atoms with Crippen molar-refractivity contribution in [2.24, 2.45) is 5.92 Å². The smallest absolute Gasteiger partial charge is 0.267 e. The highest BCUT2D eigenvalue weighted by Crippen LogP contribution is 2.40. The maximum atomic E-state index is 13.3. The molecule has 2 amide bonds. The number of benzene rings is 3. The van der Waals surface area contributed by atoms with Crippen LogP contribution >= 0.6 is 0 Å². The molecule has 176 valence electrons. The number of ether oxygens (including phenoxy) is 2. The number of hydrogen-bond donors (Lipinski definition) is 1. The number of amides is 2. The van der Waals surface area contributed by atoms with Gasteiger partial charge in [-0.25, -0.2) is 0 Å². The third-order valence-electron chi connectivity index (χ3n) is 6.31. The lowest BCUT2D eigenvalue weighted by Gasteiger charge is -2.47. The Balaban J connectivity index is 1.39. The highest BCUT2D eigenvalue weighted by atomic mass is 16.5. The topological polar surface area (TPSA) is 91.7 Å². The fourth-order valence-electron chi connectivity index (χ4n) is 4.31. The van der Waals surface area contributed by atoms with Gasteiger partial charge in [0.05, 0.1) is 18.7 Å². The van der Waals surface area contributed by atoms with Gasteiger partial charge in [0, 0.05) is 18.2 Å². The second-order valence-corrected chi connectivity index (χ2v) is 8.83. The molecule has 1 aliphatic heterocycles. The summed E-state index contributed by atoms with van der Waals surface area (Å²) in [6.07, 6.45) is 1.15. The summed E-state index contributed by atoms with van der Waals surface area (Å²) in [5, 5.41) is 12.2. The first-order valence-corrected chi connectivity index (χ1v) is 11.6. The van der Waals surface area contributed by atoms with Crippen molar-refractivity contribution in [2.45, 2.75) is 31.5 Å². The maximum Gasteiger partial charge on any atom is 0.267 e. The second-order valence-electron chi connectivity index (χ2n) is 8.83. The molecule has 1 aliphatic carbocycles. The zero-order valence-corrected chi connectivity index (χ0v) is 19.3. The number of rotatable bonds is 8. The predicted octanol–water partition coefficient (Wildman–Crippen LogP) is 4.45. The van der Waals surface area contributed by atoms with E-state index in [0.29, 0.717) is 23.6 Å². The number of hydrogen-bond acceptors (Lipinski definition) is 5. The third-order valence-corrected chi connectivity index (χ3v) is 6.31. The molecule has 1 saturated heterocycles. The number of carbonyl (C=O) groups excluding carboxylic acids is 2. The fraction of sp³-hybridized carbons (Fsp3) is 0.250. The summed E-state index contributed by atoms with van der Waals surface area (Å²) in [6.45, 7) is 0.367. The van der Waals surface area contributed by atoms with E-state index in [2.05, 4.69) is 11.4 Å². The van der Waals surface area contributed by atoms with Gasteiger partial charge in [-0.2, -0.15) is 5.26 Å². The van der Waals surface area contributed by atoms with Crippen molar-refractivity contribution in [3.63, 3.8) is 0 Å². The summed E-state index contributed by atoms with van der Waals surface area (Å²) in [5.41, 5.74) is 2.99. The van der Waals surface area contributed by atoms with Crippen LogP contribution in [-0.4, -0.2) is 29.9 Å². The molecule has 1 saturated carbocycles. The third kappa shape index (κ3) is 4.82. The number of nitrogens with zero attached hydrogens (tertiary/aromatic N) is 2. The normalized spacial score (nSPS) is 18.9. The van der Waals surface area contributed by atoms with Crippen LogP contribution in [0.15, 0.2) is 72.8 Å². The molecule has 3 aromatic rings. The molecule has 7 heteroatoms. The summed E-state index contributed by atoms with van der Waals surface area (Å²) in [4.78, 5) is 27.2. The Kier molecular flexibility index (Phi) is 6.11. The molecule has 3 aromatic carbocycles. The number of nitrogens with one attached hydrogen (secondary N) is 1. The predicted molar refractivity (Wildman–Crippen MR) is 130 cm³/mol. The van der Waals surface area contributed by atoms with Gasteiger partial charge in [-0.05, 0) is 66.4 Å². The zero-order chi connectivity index (χ0) is 24.4. The van der Waals surface area contributed by atoms with Crippen molar-refractivity contribution >= 4 is 17.5 Å². The molecular weight excluding hydrogens is 442 g/mol. The lowest BCUT2D eigenvalue weighted by molar-refractivity contribution is -0.165. The first-order valence-electron chi connectivity index (χ1n) is 11.6. The van der Waals surface area contributed by atoms with E-state index in [1.54, 1.807) is 36.3 Å². The van der Waals surface area contributed by atoms with Gasteiger partial charge in [-0.3, -0.25) is 9.59 Å². The molecule has 1 N–H and O–H groups in total.